The van der Waals surface area contributed by atoms with Crippen LogP contribution < -0.4 is 15.4 Å². The Labute approximate surface area is 151 Å². The topological polar surface area (TPSA) is 93.5 Å². The van der Waals surface area contributed by atoms with Crippen molar-refractivity contribution in [2.75, 3.05) is 24.3 Å². The zero-order chi connectivity index (χ0) is 18.5. The van der Waals surface area contributed by atoms with E-state index in [1.807, 2.05) is 12.1 Å². The summed E-state index contributed by atoms with van der Waals surface area (Å²) in [5.74, 6) is 0.0235. The summed E-state index contributed by atoms with van der Waals surface area (Å²) in [7, 11) is 1.43. The van der Waals surface area contributed by atoms with Gasteiger partial charge >= 0.3 is 0 Å². The van der Waals surface area contributed by atoms with E-state index in [4.69, 9.17) is 4.74 Å². The van der Waals surface area contributed by atoms with Gasteiger partial charge in [0.15, 0.2) is 0 Å². The Balaban J connectivity index is 1.68. The number of benzene rings is 2. The van der Waals surface area contributed by atoms with Gasteiger partial charge in [-0.15, -0.1) is 0 Å². The monoisotopic (exact) mass is 355 g/mol. The lowest BCUT2D eigenvalue weighted by Gasteiger charge is -2.20. The van der Waals surface area contributed by atoms with Crippen LogP contribution in [-0.2, 0) is 17.6 Å². The molecule has 1 aliphatic carbocycles. The van der Waals surface area contributed by atoms with Crippen LogP contribution in [0, 0.1) is 10.1 Å². The normalized spacial score (nSPS) is 12.8. The van der Waals surface area contributed by atoms with E-state index in [0.29, 0.717) is 5.75 Å². The van der Waals surface area contributed by atoms with Crippen LogP contribution in [0.15, 0.2) is 36.4 Å². The molecule has 0 saturated carbocycles. The molecule has 26 heavy (non-hydrogen) atoms. The summed E-state index contributed by atoms with van der Waals surface area (Å²) < 4.78 is 4.99. The van der Waals surface area contributed by atoms with Crippen molar-refractivity contribution in [2.45, 2.75) is 25.7 Å². The van der Waals surface area contributed by atoms with Crippen molar-refractivity contribution in [1.82, 2.24) is 0 Å². The lowest BCUT2D eigenvalue weighted by Crippen LogP contribution is -2.23. The molecule has 0 saturated heterocycles. The molecule has 7 nitrogen and oxygen atoms in total. The number of hydrogen-bond acceptors (Lipinski definition) is 5. The van der Waals surface area contributed by atoms with Crippen LogP contribution in [0.2, 0.25) is 0 Å². The Bertz CT molecular complexity index is 836. The summed E-state index contributed by atoms with van der Waals surface area (Å²) in [6.45, 7) is 0.0413. The number of aryl methyl sites for hydroxylation is 1. The van der Waals surface area contributed by atoms with Crippen LogP contribution in [-0.4, -0.2) is 24.5 Å². The van der Waals surface area contributed by atoms with E-state index in [1.54, 1.807) is 6.07 Å². The van der Waals surface area contributed by atoms with Crippen molar-refractivity contribution in [3.8, 4) is 5.75 Å². The van der Waals surface area contributed by atoms with Gasteiger partial charge in [0, 0.05) is 5.69 Å². The highest BCUT2D eigenvalue weighted by molar-refractivity contribution is 5.96. The van der Waals surface area contributed by atoms with Crippen molar-refractivity contribution < 1.29 is 14.5 Å². The Kier molecular flexibility index (Phi) is 5.36. The van der Waals surface area contributed by atoms with E-state index in [1.165, 1.54) is 36.8 Å². The molecular formula is C19H21N3O4. The molecule has 3 rings (SSSR count). The summed E-state index contributed by atoms with van der Waals surface area (Å²) in [4.78, 5) is 22.9. The first-order valence-corrected chi connectivity index (χ1v) is 8.55. The van der Waals surface area contributed by atoms with Gasteiger partial charge in [-0.25, -0.2) is 0 Å². The molecule has 0 atom stereocenters. The van der Waals surface area contributed by atoms with Gasteiger partial charge in [0.05, 0.1) is 24.6 Å². The predicted molar refractivity (Wildman–Crippen MR) is 99.9 cm³/mol. The number of carbonyl (C=O) groups excluding carboxylic acids is 1. The van der Waals surface area contributed by atoms with Crippen LogP contribution in [0.5, 0.6) is 5.75 Å². The van der Waals surface area contributed by atoms with Crippen LogP contribution in [0.3, 0.4) is 0 Å². The second-order valence-corrected chi connectivity index (χ2v) is 6.19. The quantitative estimate of drug-likeness (QED) is 0.611. The largest absolute Gasteiger partial charge is 0.496 e. The number of nitro groups is 1. The number of carbonyl (C=O) groups is 1. The molecule has 0 unspecified atom stereocenters. The number of methoxy groups -OCH3 is 1. The van der Waals surface area contributed by atoms with E-state index in [-0.39, 0.29) is 23.8 Å². The average molecular weight is 355 g/mol. The molecule has 0 fully saturated rings. The molecule has 1 aliphatic rings. The second kappa shape index (κ2) is 7.86. The van der Waals surface area contributed by atoms with Gasteiger partial charge in [0.2, 0.25) is 5.91 Å². The fourth-order valence-electron chi connectivity index (χ4n) is 3.21. The third kappa shape index (κ3) is 3.93. The fraction of sp³-hybridized carbons (Fsp3) is 0.316. The van der Waals surface area contributed by atoms with Crippen molar-refractivity contribution >= 4 is 23.0 Å². The highest BCUT2D eigenvalue weighted by atomic mass is 16.6. The number of nitro benzene ring substituents is 1. The van der Waals surface area contributed by atoms with Gasteiger partial charge in [-0.1, -0.05) is 12.1 Å². The van der Waals surface area contributed by atoms with E-state index < -0.39 is 4.92 Å². The van der Waals surface area contributed by atoms with Gasteiger partial charge < -0.3 is 15.4 Å². The Morgan fingerprint density at radius 3 is 2.77 bits per heavy atom. The maximum Gasteiger partial charge on any atom is 0.296 e. The third-order valence-corrected chi connectivity index (χ3v) is 4.51. The number of ether oxygens (including phenoxy) is 1. The number of hydrogen-bond donors (Lipinski definition) is 2. The minimum absolute atomic E-state index is 0.0413. The van der Waals surface area contributed by atoms with E-state index in [9.17, 15) is 14.9 Å². The van der Waals surface area contributed by atoms with E-state index in [0.717, 1.165) is 24.9 Å². The molecule has 7 heteroatoms. The number of nitrogens with one attached hydrogen (secondary N) is 2. The molecule has 2 aromatic carbocycles. The Morgan fingerprint density at radius 2 is 2.00 bits per heavy atom. The van der Waals surface area contributed by atoms with Crippen molar-refractivity contribution in [3.05, 3.63) is 57.6 Å². The van der Waals surface area contributed by atoms with E-state index in [2.05, 4.69) is 16.7 Å². The molecule has 0 radical (unpaired) electrons. The first-order valence-electron chi connectivity index (χ1n) is 8.55. The van der Waals surface area contributed by atoms with Crippen LogP contribution >= 0.6 is 0 Å². The Hall–Kier alpha value is -3.09. The summed E-state index contributed by atoms with van der Waals surface area (Å²) >= 11 is 0. The summed E-state index contributed by atoms with van der Waals surface area (Å²) in [5, 5.41) is 16.9. The summed E-state index contributed by atoms with van der Waals surface area (Å²) in [6, 6.07) is 10.4. The van der Waals surface area contributed by atoms with Gasteiger partial charge in [-0.3, -0.25) is 14.9 Å². The molecule has 1 amide bonds. The van der Waals surface area contributed by atoms with Gasteiger partial charge in [0.1, 0.15) is 11.4 Å². The highest BCUT2D eigenvalue weighted by Gasteiger charge is 2.18. The van der Waals surface area contributed by atoms with Gasteiger partial charge in [0.25, 0.3) is 5.69 Å². The second-order valence-electron chi connectivity index (χ2n) is 6.19. The minimum Gasteiger partial charge on any atom is -0.496 e. The standard InChI is InChI=1S/C19H21N3O4/c1-26-14-9-10-17(18(11-14)22(24)25)21-19(23)12-20-16-8-4-6-13-5-2-3-7-15(13)16/h4,6,8-11,20H,2-3,5,7,12H2,1H3,(H,21,23). The summed E-state index contributed by atoms with van der Waals surface area (Å²) in [5.41, 5.74) is 3.50. The van der Waals surface area contributed by atoms with Gasteiger partial charge in [-0.2, -0.15) is 0 Å². The van der Waals surface area contributed by atoms with Crippen LogP contribution in [0.25, 0.3) is 0 Å². The zero-order valence-corrected chi connectivity index (χ0v) is 14.6. The molecule has 0 spiro atoms. The zero-order valence-electron chi connectivity index (χ0n) is 14.6. The third-order valence-electron chi connectivity index (χ3n) is 4.51. The lowest BCUT2D eigenvalue weighted by atomic mass is 9.90. The molecular weight excluding hydrogens is 334 g/mol. The number of nitrogens with zero attached hydrogens (tertiary/aromatic N) is 1. The van der Waals surface area contributed by atoms with Gasteiger partial charge in [-0.05, 0) is 55.0 Å². The molecule has 136 valence electrons. The Morgan fingerprint density at radius 1 is 1.19 bits per heavy atom. The number of anilines is 2. The van der Waals surface area contributed by atoms with Crippen LogP contribution in [0.1, 0.15) is 24.0 Å². The molecule has 0 aromatic heterocycles. The molecule has 2 N–H and O–H groups in total. The lowest BCUT2D eigenvalue weighted by molar-refractivity contribution is -0.384. The maximum atomic E-state index is 12.3. The SMILES string of the molecule is COc1ccc(NC(=O)CNc2cccc3c2CCCC3)c([N+](=O)[O-])c1. The maximum absolute atomic E-state index is 12.3. The van der Waals surface area contributed by atoms with Crippen molar-refractivity contribution in [2.24, 2.45) is 0 Å². The average Bonchev–Trinajstić information content (AvgIpc) is 2.66. The van der Waals surface area contributed by atoms with E-state index >= 15 is 0 Å². The predicted octanol–water partition coefficient (Wildman–Crippen LogP) is 3.53. The number of rotatable bonds is 6. The van der Waals surface area contributed by atoms with Crippen molar-refractivity contribution in [1.29, 1.82) is 0 Å². The highest BCUT2D eigenvalue weighted by Crippen LogP contribution is 2.29. The number of fused-ring (bicyclic) bond motifs is 1. The fourth-order valence-corrected chi connectivity index (χ4v) is 3.21. The summed E-state index contributed by atoms with van der Waals surface area (Å²) in [6.07, 6.45) is 4.41. The number of amides is 1. The molecule has 0 bridgehead atoms. The van der Waals surface area contributed by atoms with Crippen LogP contribution in [0.4, 0.5) is 17.1 Å². The molecule has 0 aliphatic heterocycles. The molecule has 0 heterocycles. The van der Waals surface area contributed by atoms with Crippen molar-refractivity contribution in [3.63, 3.8) is 0 Å². The first kappa shape index (κ1) is 17.7. The first-order chi connectivity index (χ1) is 12.6. The smallest absolute Gasteiger partial charge is 0.296 e. The molecule has 2 aromatic rings. The minimum atomic E-state index is -0.543.